The molecule has 1 atom stereocenters. The van der Waals surface area contributed by atoms with Crippen LogP contribution in [0, 0.1) is 17.8 Å². The Morgan fingerprint density at radius 2 is 2.00 bits per heavy atom. The van der Waals surface area contributed by atoms with E-state index in [0.717, 1.165) is 29.5 Å². The SMILES string of the molecule is CCC1CN=C(NCC(C2CC2)C2CC2)S1. The maximum absolute atomic E-state index is 4.59. The molecule has 0 radical (unpaired) electrons. The molecule has 90 valence electrons. The fourth-order valence-electron chi connectivity index (χ4n) is 2.70. The molecule has 3 heteroatoms. The van der Waals surface area contributed by atoms with E-state index in [1.165, 1.54) is 43.8 Å². The van der Waals surface area contributed by atoms with E-state index in [1.807, 2.05) is 11.8 Å². The van der Waals surface area contributed by atoms with Crippen LogP contribution in [0.2, 0.25) is 0 Å². The normalized spacial score (nSPS) is 29.6. The highest BCUT2D eigenvalue weighted by Crippen LogP contribution is 2.48. The van der Waals surface area contributed by atoms with Crippen molar-refractivity contribution in [1.82, 2.24) is 5.32 Å². The van der Waals surface area contributed by atoms with Crippen LogP contribution in [-0.2, 0) is 0 Å². The Morgan fingerprint density at radius 1 is 1.31 bits per heavy atom. The van der Waals surface area contributed by atoms with Gasteiger partial charge in [0.1, 0.15) is 0 Å². The van der Waals surface area contributed by atoms with Crippen LogP contribution >= 0.6 is 11.8 Å². The minimum absolute atomic E-state index is 0.739. The lowest BCUT2D eigenvalue weighted by atomic mass is 9.98. The van der Waals surface area contributed by atoms with Crippen molar-refractivity contribution in [3.05, 3.63) is 0 Å². The Labute approximate surface area is 103 Å². The van der Waals surface area contributed by atoms with Gasteiger partial charge in [0.25, 0.3) is 0 Å². The highest BCUT2D eigenvalue weighted by atomic mass is 32.2. The lowest BCUT2D eigenvalue weighted by molar-refractivity contribution is 0.403. The van der Waals surface area contributed by atoms with Crippen molar-refractivity contribution in [2.45, 2.75) is 44.3 Å². The van der Waals surface area contributed by atoms with Crippen molar-refractivity contribution < 1.29 is 0 Å². The zero-order valence-electron chi connectivity index (χ0n) is 10.1. The molecule has 1 heterocycles. The monoisotopic (exact) mass is 238 g/mol. The summed E-state index contributed by atoms with van der Waals surface area (Å²) < 4.78 is 0. The van der Waals surface area contributed by atoms with Gasteiger partial charge in [0.2, 0.25) is 0 Å². The first-order chi connectivity index (χ1) is 7.86. The van der Waals surface area contributed by atoms with Crippen LogP contribution < -0.4 is 5.32 Å². The topological polar surface area (TPSA) is 24.4 Å². The number of hydrogen-bond donors (Lipinski definition) is 1. The molecule has 1 aliphatic heterocycles. The van der Waals surface area contributed by atoms with Gasteiger partial charge >= 0.3 is 0 Å². The van der Waals surface area contributed by atoms with E-state index in [9.17, 15) is 0 Å². The summed E-state index contributed by atoms with van der Waals surface area (Å²) in [6.07, 6.45) is 7.19. The molecule has 0 bridgehead atoms. The molecular weight excluding hydrogens is 216 g/mol. The third-order valence-electron chi connectivity index (χ3n) is 4.12. The van der Waals surface area contributed by atoms with Gasteiger partial charge in [0.05, 0.1) is 6.54 Å². The van der Waals surface area contributed by atoms with Gasteiger partial charge in [-0.25, -0.2) is 0 Å². The average Bonchev–Trinajstić information content (AvgIpc) is 3.20. The molecule has 1 unspecified atom stereocenters. The van der Waals surface area contributed by atoms with Gasteiger partial charge in [0.15, 0.2) is 5.17 Å². The Hall–Kier alpha value is -0.180. The summed E-state index contributed by atoms with van der Waals surface area (Å²) in [5.41, 5.74) is 0. The minimum atomic E-state index is 0.739. The van der Waals surface area contributed by atoms with E-state index in [-0.39, 0.29) is 0 Å². The number of aliphatic imine (C=N–C) groups is 1. The smallest absolute Gasteiger partial charge is 0.156 e. The number of nitrogens with zero attached hydrogens (tertiary/aromatic N) is 1. The fraction of sp³-hybridized carbons (Fsp3) is 0.923. The van der Waals surface area contributed by atoms with Crippen molar-refractivity contribution in [3.8, 4) is 0 Å². The molecule has 2 saturated carbocycles. The first-order valence-electron chi connectivity index (χ1n) is 6.81. The van der Waals surface area contributed by atoms with Crippen LogP contribution in [0.1, 0.15) is 39.0 Å². The van der Waals surface area contributed by atoms with E-state index in [4.69, 9.17) is 0 Å². The average molecular weight is 238 g/mol. The first kappa shape index (κ1) is 10.9. The third-order valence-corrected chi connectivity index (χ3v) is 5.43. The van der Waals surface area contributed by atoms with Gasteiger partial charge in [-0.2, -0.15) is 0 Å². The maximum Gasteiger partial charge on any atom is 0.156 e. The summed E-state index contributed by atoms with van der Waals surface area (Å²) in [4.78, 5) is 4.59. The molecule has 16 heavy (non-hydrogen) atoms. The Balaban J connectivity index is 1.45. The molecule has 2 nitrogen and oxygen atoms in total. The summed E-state index contributed by atoms with van der Waals surface area (Å²) in [6, 6.07) is 0. The van der Waals surface area contributed by atoms with E-state index < -0.39 is 0 Å². The molecule has 0 aromatic rings. The highest BCUT2D eigenvalue weighted by Gasteiger charge is 2.41. The summed E-state index contributed by atoms with van der Waals surface area (Å²) in [5.74, 6) is 3.06. The van der Waals surface area contributed by atoms with Gasteiger partial charge in [-0.05, 0) is 49.9 Å². The molecule has 0 aromatic carbocycles. The van der Waals surface area contributed by atoms with Crippen LogP contribution in [0.3, 0.4) is 0 Å². The van der Waals surface area contributed by atoms with Crippen molar-refractivity contribution in [3.63, 3.8) is 0 Å². The highest BCUT2D eigenvalue weighted by molar-refractivity contribution is 8.14. The van der Waals surface area contributed by atoms with Gasteiger partial charge in [-0.15, -0.1) is 0 Å². The largest absolute Gasteiger partial charge is 0.365 e. The third kappa shape index (κ3) is 2.55. The number of rotatable bonds is 5. The molecule has 0 saturated heterocycles. The minimum Gasteiger partial charge on any atom is -0.365 e. The predicted octanol–water partition coefficient (Wildman–Crippen LogP) is 2.89. The predicted molar refractivity (Wildman–Crippen MR) is 70.9 cm³/mol. The van der Waals surface area contributed by atoms with Crippen LogP contribution in [0.5, 0.6) is 0 Å². The Morgan fingerprint density at radius 3 is 2.50 bits per heavy atom. The summed E-state index contributed by atoms with van der Waals surface area (Å²) in [5, 5.41) is 5.56. The molecule has 1 N–H and O–H groups in total. The van der Waals surface area contributed by atoms with Crippen LogP contribution in [0.4, 0.5) is 0 Å². The van der Waals surface area contributed by atoms with Gasteiger partial charge in [-0.1, -0.05) is 18.7 Å². The second-order valence-electron chi connectivity index (χ2n) is 5.51. The molecule has 3 rings (SSSR count). The lowest BCUT2D eigenvalue weighted by Gasteiger charge is -2.16. The molecule has 2 aliphatic carbocycles. The zero-order valence-corrected chi connectivity index (χ0v) is 10.9. The van der Waals surface area contributed by atoms with E-state index >= 15 is 0 Å². The fourth-order valence-corrected chi connectivity index (χ4v) is 3.65. The Bertz CT molecular complexity index is 270. The Kier molecular flexibility index (Phi) is 3.14. The van der Waals surface area contributed by atoms with E-state index in [1.54, 1.807) is 0 Å². The molecular formula is C13H22N2S. The van der Waals surface area contributed by atoms with Crippen molar-refractivity contribution in [2.24, 2.45) is 22.7 Å². The summed E-state index contributed by atoms with van der Waals surface area (Å²) in [7, 11) is 0. The number of thioether (sulfide) groups is 1. The number of amidine groups is 1. The van der Waals surface area contributed by atoms with Gasteiger partial charge in [-0.3, -0.25) is 4.99 Å². The number of hydrogen-bond acceptors (Lipinski definition) is 3. The quantitative estimate of drug-likeness (QED) is 0.796. The zero-order chi connectivity index (χ0) is 11.0. The summed E-state index contributed by atoms with van der Waals surface area (Å²) in [6.45, 7) is 4.48. The standard InChI is InChI=1S/C13H22N2S/c1-2-11-7-14-13(16-11)15-8-12(9-3-4-9)10-5-6-10/h9-12H,2-8H2,1H3,(H,14,15). The molecule has 0 amide bonds. The lowest BCUT2D eigenvalue weighted by Crippen LogP contribution is -2.28. The number of nitrogens with one attached hydrogen (secondary N) is 1. The molecule has 0 aromatic heterocycles. The van der Waals surface area contributed by atoms with Crippen molar-refractivity contribution in [1.29, 1.82) is 0 Å². The van der Waals surface area contributed by atoms with Gasteiger partial charge < -0.3 is 5.32 Å². The first-order valence-corrected chi connectivity index (χ1v) is 7.69. The molecule has 2 fully saturated rings. The second kappa shape index (κ2) is 4.59. The van der Waals surface area contributed by atoms with Crippen molar-refractivity contribution >= 4 is 16.9 Å². The van der Waals surface area contributed by atoms with Crippen LogP contribution in [0.15, 0.2) is 4.99 Å². The van der Waals surface area contributed by atoms with E-state index in [0.29, 0.717) is 0 Å². The van der Waals surface area contributed by atoms with Gasteiger partial charge in [0, 0.05) is 11.8 Å². The maximum atomic E-state index is 4.59. The molecule has 0 spiro atoms. The van der Waals surface area contributed by atoms with Crippen LogP contribution in [-0.4, -0.2) is 23.5 Å². The summed E-state index contributed by atoms with van der Waals surface area (Å²) >= 11 is 1.96. The van der Waals surface area contributed by atoms with E-state index in [2.05, 4.69) is 17.2 Å². The van der Waals surface area contributed by atoms with Crippen molar-refractivity contribution in [2.75, 3.05) is 13.1 Å². The van der Waals surface area contributed by atoms with Crippen LogP contribution in [0.25, 0.3) is 0 Å². The molecule has 3 aliphatic rings. The second-order valence-corrected chi connectivity index (χ2v) is 6.80.